The van der Waals surface area contributed by atoms with Crippen LogP contribution in [0.4, 0.5) is 0 Å². The first-order chi connectivity index (χ1) is 5.64. The van der Waals surface area contributed by atoms with E-state index < -0.39 is 0 Å². The number of rotatable bonds is 0. The highest BCUT2D eigenvalue weighted by Crippen LogP contribution is 2.38. The molecule has 0 spiro atoms. The van der Waals surface area contributed by atoms with Crippen LogP contribution in [-0.2, 0) is 0 Å². The van der Waals surface area contributed by atoms with Crippen molar-refractivity contribution in [1.29, 1.82) is 0 Å². The lowest BCUT2D eigenvalue weighted by molar-refractivity contribution is -0.926. The summed E-state index contributed by atoms with van der Waals surface area (Å²) in [5.74, 6) is 0. The summed E-state index contributed by atoms with van der Waals surface area (Å²) < 4.78 is 1.14. The summed E-state index contributed by atoms with van der Waals surface area (Å²) in [5, 5.41) is 12.1. The first-order valence-electron chi connectivity index (χ1n) is 4.67. The van der Waals surface area contributed by atoms with Gasteiger partial charge in [0.25, 0.3) is 0 Å². The minimum Gasteiger partial charge on any atom is -1.00 e. The summed E-state index contributed by atoms with van der Waals surface area (Å²) in [5.41, 5.74) is 1.01. The molecule has 0 aromatic heterocycles. The van der Waals surface area contributed by atoms with E-state index in [2.05, 4.69) is 19.3 Å². The molecule has 2 saturated heterocycles. The topological polar surface area (TPSA) is 32.6 Å². The van der Waals surface area contributed by atoms with Crippen LogP contribution in [0.15, 0.2) is 5.16 Å². The SMILES string of the molecule is C[N+]1(C)C2CCC1CC(=NO)C2.[I-]. The third kappa shape index (κ3) is 1.70. The molecule has 2 fully saturated rings. The molecule has 0 saturated carbocycles. The number of oxime groups is 1. The molecule has 2 atom stereocenters. The fourth-order valence-electron chi connectivity index (χ4n) is 2.73. The fraction of sp³-hybridized carbons (Fsp3) is 0.889. The number of quaternary nitrogens is 1. The Morgan fingerprint density at radius 2 is 1.69 bits per heavy atom. The third-order valence-corrected chi connectivity index (χ3v) is 3.80. The molecule has 4 heteroatoms. The van der Waals surface area contributed by atoms with Gasteiger partial charge in [0.1, 0.15) is 0 Å². The fourth-order valence-corrected chi connectivity index (χ4v) is 2.73. The summed E-state index contributed by atoms with van der Waals surface area (Å²) in [6.07, 6.45) is 4.60. The average Bonchev–Trinajstić information content (AvgIpc) is 2.29. The van der Waals surface area contributed by atoms with Gasteiger partial charge >= 0.3 is 0 Å². The van der Waals surface area contributed by atoms with E-state index in [0.717, 1.165) is 23.0 Å². The minimum absolute atomic E-state index is 0. The molecule has 2 bridgehead atoms. The smallest absolute Gasteiger partial charge is 0.0944 e. The lowest BCUT2D eigenvalue weighted by Crippen LogP contribution is -3.00. The molecule has 0 aromatic carbocycles. The standard InChI is InChI=1S/C9H16N2O.HI/c1-11(2)8-3-4-9(11)6-7(5-8)10-12;/h8-9H,3-6H2,1-2H3;1H. The van der Waals surface area contributed by atoms with Crippen LogP contribution in [-0.4, -0.2) is 41.6 Å². The molecule has 2 rings (SSSR count). The number of nitrogens with zero attached hydrogens (tertiary/aromatic N) is 2. The molecular formula is C9H17IN2O. The minimum atomic E-state index is 0. The molecule has 0 aromatic rings. The lowest BCUT2D eigenvalue weighted by Gasteiger charge is -2.41. The predicted molar refractivity (Wildman–Crippen MR) is 47.4 cm³/mol. The van der Waals surface area contributed by atoms with Crippen LogP contribution in [0.2, 0.25) is 0 Å². The second kappa shape index (κ2) is 3.73. The molecule has 2 aliphatic rings. The van der Waals surface area contributed by atoms with E-state index in [1.807, 2.05) is 0 Å². The zero-order valence-electron chi connectivity index (χ0n) is 8.20. The number of piperidine rings is 1. The van der Waals surface area contributed by atoms with Crippen LogP contribution in [0.5, 0.6) is 0 Å². The van der Waals surface area contributed by atoms with Gasteiger partial charge in [-0.3, -0.25) is 0 Å². The van der Waals surface area contributed by atoms with Gasteiger partial charge < -0.3 is 33.7 Å². The Labute approximate surface area is 96.4 Å². The molecule has 2 unspecified atom stereocenters. The maximum absolute atomic E-state index is 8.71. The van der Waals surface area contributed by atoms with Crippen LogP contribution in [0, 0.1) is 0 Å². The van der Waals surface area contributed by atoms with E-state index in [0.29, 0.717) is 12.1 Å². The van der Waals surface area contributed by atoms with Crippen LogP contribution >= 0.6 is 0 Å². The highest BCUT2D eigenvalue weighted by atomic mass is 127. The van der Waals surface area contributed by atoms with Crippen molar-refractivity contribution in [3.8, 4) is 0 Å². The van der Waals surface area contributed by atoms with Crippen LogP contribution in [0.3, 0.4) is 0 Å². The summed E-state index contributed by atoms with van der Waals surface area (Å²) in [7, 11) is 4.60. The Morgan fingerprint density at radius 1 is 1.23 bits per heavy atom. The number of halogens is 1. The van der Waals surface area contributed by atoms with Gasteiger partial charge in [-0.2, -0.15) is 0 Å². The summed E-state index contributed by atoms with van der Waals surface area (Å²) in [6, 6.07) is 1.41. The van der Waals surface area contributed by atoms with Gasteiger partial charge in [0.15, 0.2) is 0 Å². The molecule has 0 amide bonds. The van der Waals surface area contributed by atoms with Gasteiger partial charge in [0.2, 0.25) is 0 Å². The quantitative estimate of drug-likeness (QED) is 0.244. The third-order valence-electron chi connectivity index (χ3n) is 3.80. The van der Waals surface area contributed by atoms with Crippen molar-refractivity contribution in [2.45, 2.75) is 37.8 Å². The number of hydrogen-bond donors (Lipinski definition) is 1. The zero-order valence-corrected chi connectivity index (χ0v) is 10.4. The summed E-state index contributed by atoms with van der Waals surface area (Å²) >= 11 is 0. The largest absolute Gasteiger partial charge is 1.00 e. The maximum Gasteiger partial charge on any atom is 0.0944 e. The van der Waals surface area contributed by atoms with Crippen LogP contribution < -0.4 is 24.0 Å². The Hall–Kier alpha value is 0.160. The van der Waals surface area contributed by atoms with Crippen molar-refractivity contribution in [3.63, 3.8) is 0 Å². The van der Waals surface area contributed by atoms with E-state index in [9.17, 15) is 0 Å². The lowest BCUT2D eigenvalue weighted by atomic mass is 9.99. The van der Waals surface area contributed by atoms with Gasteiger partial charge in [-0.1, -0.05) is 5.16 Å². The Bertz CT molecular complexity index is 210. The first kappa shape index (κ1) is 11.2. The molecular weight excluding hydrogens is 279 g/mol. The van der Waals surface area contributed by atoms with Crippen molar-refractivity contribution >= 4 is 5.71 Å². The Morgan fingerprint density at radius 3 is 2.08 bits per heavy atom. The Balaban J connectivity index is 0.000000845. The molecule has 1 N–H and O–H groups in total. The van der Waals surface area contributed by atoms with Gasteiger partial charge in [-0.05, 0) is 0 Å². The van der Waals surface area contributed by atoms with Gasteiger partial charge in [-0.15, -0.1) is 0 Å². The molecule has 3 nitrogen and oxygen atoms in total. The molecule has 0 radical (unpaired) electrons. The molecule has 76 valence electrons. The second-order valence-corrected chi connectivity index (χ2v) is 4.59. The summed E-state index contributed by atoms with van der Waals surface area (Å²) in [4.78, 5) is 0. The van der Waals surface area contributed by atoms with E-state index in [1.54, 1.807) is 0 Å². The van der Waals surface area contributed by atoms with Gasteiger partial charge in [0.05, 0.1) is 31.9 Å². The molecule has 13 heavy (non-hydrogen) atoms. The summed E-state index contributed by atoms with van der Waals surface area (Å²) in [6.45, 7) is 0. The van der Waals surface area contributed by atoms with Gasteiger partial charge in [0, 0.05) is 25.7 Å². The normalized spacial score (nSPS) is 35.4. The highest BCUT2D eigenvalue weighted by molar-refractivity contribution is 5.85. The van der Waals surface area contributed by atoms with E-state index >= 15 is 0 Å². The van der Waals surface area contributed by atoms with Crippen LogP contribution in [0.1, 0.15) is 25.7 Å². The second-order valence-electron chi connectivity index (χ2n) is 4.59. The maximum atomic E-state index is 8.71. The molecule has 2 heterocycles. The van der Waals surface area contributed by atoms with Crippen molar-refractivity contribution in [1.82, 2.24) is 0 Å². The zero-order chi connectivity index (χ0) is 8.77. The van der Waals surface area contributed by atoms with Crippen molar-refractivity contribution in [3.05, 3.63) is 0 Å². The monoisotopic (exact) mass is 296 g/mol. The molecule has 0 aliphatic carbocycles. The average molecular weight is 296 g/mol. The number of fused-ring (bicyclic) bond motifs is 2. The predicted octanol–water partition coefficient (Wildman–Crippen LogP) is -1.78. The first-order valence-corrected chi connectivity index (χ1v) is 4.67. The van der Waals surface area contributed by atoms with Crippen molar-refractivity contribution in [2.24, 2.45) is 5.16 Å². The van der Waals surface area contributed by atoms with E-state index in [-0.39, 0.29) is 24.0 Å². The number of hydrogen-bond acceptors (Lipinski definition) is 2. The Kier molecular flexibility index (Phi) is 3.22. The highest BCUT2D eigenvalue weighted by Gasteiger charge is 2.47. The van der Waals surface area contributed by atoms with Crippen molar-refractivity contribution in [2.75, 3.05) is 14.1 Å². The van der Waals surface area contributed by atoms with E-state index in [4.69, 9.17) is 5.21 Å². The van der Waals surface area contributed by atoms with Crippen molar-refractivity contribution < 1.29 is 33.7 Å². The van der Waals surface area contributed by atoms with Gasteiger partial charge in [-0.25, -0.2) is 0 Å². The molecule has 2 aliphatic heterocycles. The van der Waals surface area contributed by atoms with Crippen LogP contribution in [0.25, 0.3) is 0 Å². The van der Waals surface area contributed by atoms with E-state index in [1.165, 1.54) is 12.8 Å².